The lowest BCUT2D eigenvalue weighted by Crippen LogP contribution is -2.34. The van der Waals surface area contributed by atoms with Crippen LogP contribution >= 0.6 is 0 Å². The Kier molecular flexibility index (Phi) is 8.46. The van der Waals surface area contributed by atoms with E-state index in [9.17, 15) is 10.2 Å². The van der Waals surface area contributed by atoms with Crippen LogP contribution in [0.25, 0.3) is 21.5 Å². The molecular formula is C38H36N2O2. The van der Waals surface area contributed by atoms with Gasteiger partial charge in [0.1, 0.15) is 11.5 Å². The number of hydrogen-bond donors (Lipinski definition) is 2. The Morgan fingerprint density at radius 2 is 0.762 bits per heavy atom. The second kappa shape index (κ2) is 12.9. The molecule has 0 heterocycles. The standard InChI is InChI=1S/C38H36N2O2/c41-37-21-19-31-15-7-9-17-33(31)35(37)27-39(25-29-11-3-1-4-12-29)23-24-40(26-30-13-5-2-6-14-30)28-36-34-18-10-8-16-32(34)20-22-38(36)42/h1-22,41-42H,23-28H2. The highest BCUT2D eigenvalue weighted by atomic mass is 16.3. The average Bonchev–Trinajstić information content (AvgIpc) is 3.03. The summed E-state index contributed by atoms with van der Waals surface area (Å²) >= 11 is 0. The fraction of sp³-hybridized carbons (Fsp3) is 0.158. The van der Waals surface area contributed by atoms with Crippen molar-refractivity contribution in [3.63, 3.8) is 0 Å². The van der Waals surface area contributed by atoms with Gasteiger partial charge in [0.15, 0.2) is 0 Å². The van der Waals surface area contributed by atoms with Crippen molar-refractivity contribution in [2.75, 3.05) is 13.1 Å². The van der Waals surface area contributed by atoms with Crippen LogP contribution in [-0.4, -0.2) is 33.1 Å². The van der Waals surface area contributed by atoms with Gasteiger partial charge in [0, 0.05) is 50.4 Å². The van der Waals surface area contributed by atoms with Crippen LogP contribution in [-0.2, 0) is 26.2 Å². The van der Waals surface area contributed by atoms with Crippen LogP contribution in [0.2, 0.25) is 0 Å². The Morgan fingerprint density at radius 1 is 0.381 bits per heavy atom. The molecule has 210 valence electrons. The van der Waals surface area contributed by atoms with Crippen LogP contribution < -0.4 is 0 Å². The summed E-state index contributed by atoms with van der Waals surface area (Å²) in [5.74, 6) is 0.655. The molecule has 0 atom stereocenters. The molecule has 0 saturated carbocycles. The minimum Gasteiger partial charge on any atom is -0.508 e. The smallest absolute Gasteiger partial charge is 0.120 e. The zero-order chi connectivity index (χ0) is 28.7. The average molecular weight is 553 g/mol. The van der Waals surface area contributed by atoms with Crippen LogP contribution in [0, 0.1) is 0 Å². The first-order chi connectivity index (χ1) is 20.6. The molecule has 0 aliphatic rings. The van der Waals surface area contributed by atoms with Gasteiger partial charge in [0.25, 0.3) is 0 Å². The molecule has 0 radical (unpaired) electrons. The molecule has 2 N–H and O–H groups in total. The Balaban J connectivity index is 1.30. The van der Waals surface area contributed by atoms with Crippen LogP contribution in [0.3, 0.4) is 0 Å². The molecule has 4 nitrogen and oxygen atoms in total. The molecule has 6 aromatic rings. The van der Waals surface area contributed by atoms with E-state index in [1.165, 1.54) is 11.1 Å². The number of hydrogen-bond acceptors (Lipinski definition) is 4. The maximum Gasteiger partial charge on any atom is 0.120 e. The highest BCUT2D eigenvalue weighted by Crippen LogP contribution is 2.30. The summed E-state index contributed by atoms with van der Waals surface area (Å²) in [6.07, 6.45) is 0. The lowest BCUT2D eigenvalue weighted by Gasteiger charge is -2.29. The fourth-order valence-corrected chi connectivity index (χ4v) is 5.82. The lowest BCUT2D eigenvalue weighted by molar-refractivity contribution is 0.181. The molecule has 0 aromatic heterocycles. The van der Waals surface area contributed by atoms with Crippen LogP contribution in [0.4, 0.5) is 0 Å². The molecule has 0 unspecified atom stereocenters. The van der Waals surface area contributed by atoms with E-state index in [4.69, 9.17) is 0 Å². The Morgan fingerprint density at radius 3 is 1.19 bits per heavy atom. The monoisotopic (exact) mass is 552 g/mol. The molecule has 6 aromatic carbocycles. The van der Waals surface area contributed by atoms with Crippen molar-refractivity contribution in [3.05, 3.63) is 156 Å². The Hall–Kier alpha value is -4.64. The highest BCUT2D eigenvalue weighted by molar-refractivity contribution is 5.88. The molecular weight excluding hydrogens is 516 g/mol. The van der Waals surface area contributed by atoms with Crippen molar-refractivity contribution in [2.45, 2.75) is 26.2 Å². The largest absolute Gasteiger partial charge is 0.508 e. The second-order valence-electron chi connectivity index (χ2n) is 11.0. The minimum absolute atomic E-state index is 0.327. The van der Waals surface area contributed by atoms with Gasteiger partial charge in [-0.05, 0) is 44.8 Å². The topological polar surface area (TPSA) is 46.9 Å². The molecule has 6 rings (SSSR count). The third-order valence-corrected chi connectivity index (χ3v) is 8.03. The van der Waals surface area contributed by atoms with Crippen molar-refractivity contribution >= 4 is 21.5 Å². The van der Waals surface area contributed by atoms with Gasteiger partial charge in [-0.2, -0.15) is 0 Å². The molecule has 0 fully saturated rings. The molecule has 0 saturated heterocycles. The maximum absolute atomic E-state index is 11.0. The van der Waals surface area contributed by atoms with Crippen molar-refractivity contribution in [3.8, 4) is 11.5 Å². The Bertz CT molecular complexity index is 1640. The first-order valence-corrected chi connectivity index (χ1v) is 14.6. The van der Waals surface area contributed by atoms with Crippen molar-refractivity contribution in [1.29, 1.82) is 0 Å². The van der Waals surface area contributed by atoms with Gasteiger partial charge in [-0.1, -0.05) is 121 Å². The van der Waals surface area contributed by atoms with Gasteiger partial charge in [-0.25, -0.2) is 0 Å². The maximum atomic E-state index is 11.0. The second-order valence-corrected chi connectivity index (χ2v) is 11.0. The quantitative estimate of drug-likeness (QED) is 0.170. The number of benzene rings is 6. The van der Waals surface area contributed by atoms with Crippen molar-refractivity contribution in [1.82, 2.24) is 9.80 Å². The summed E-state index contributed by atoms with van der Waals surface area (Å²) in [7, 11) is 0. The highest BCUT2D eigenvalue weighted by Gasteiger charge is 2.17. The Labute approximate surface area is 247 Å². The third kappa shape index (κ3) is 6.46. The minimum atomic E-state index is 0.327. The number of fused-ring (bicyclic) bond motifs is 2. The van der Waals surface area contributed by atoms with E-state index in [1.807, 2.05) is 60.7 Å². The predicted molar refractivity (Wildman–Crippen MR) is 172 cm³/mol. The van der Waals surface area contributed by atoms with Crippen molar-refractivity contribution in [2.24, 2.45) is 0 Å². The van der Waals surface area contributed by atoms with Gasteiger partial charge >= 0.3 is 0 Å². The van der Waals surface area contributed by atoms with E-state index in [-0.39, 0.29) is 0 Å². The zero-order valence-corrected chi connectivity index (χ0v) is 23.7. The van der Waals surface area contributed by atoms with E-state index in [1.54, 1.807) is 0 Å². The van der Waals surface area contributed by atoms with Crippen LogP contribution in [0.15, 0.2) is 133 Å². The van der Waals surface area contributed by atoms with E-state index in [0.717, 1.165) is 58.9 Å². The molecule has 0 aliphatic heterocycles. The van der Waals surface area contributed by atoms with E-state index in [0.29, 0.717) is 24.6 Å². The first-order valence-electron chi connectivity index (χ1n) is 14.6. The van der Waals surface area contributed by atoms with E-state index >= 15 is 0 Å². The summed E-state index contributed by atoms with van der Waals surface area (Å²) in [4.78, 5) is 4.83. The molecule has 0 spiro atoms. The molecule has 4 heteroatoms. The molecule has 0 amide bonds. The summed E-state index contributed by atoms with van der Waals surface area (Å²) in [5, 5.41) is 26.3. The number of aromatic hydroxyl groups is 2. The number of rotatable bonds is 11. The number of phenolic OH excluding ortho intramolecular Hbond substituents is 2. The van der Waals surface area contributed by atoms with Gasteiger partial charge in [-0.15, -0.1) is 0 Å². The normalized spacial score (nSPS) is 11.6. The number of nitrogens with zero attached hydrogens (tertiary/aromatic N) is 2. The molecule has 0 bridgehead atoms. The van der Waals surface area contributed by atoms with Crippen LogP contribution in [0.5, 0.6) is 11.5 Å². The molecule has 42 heavy (non-hydrogen) atoms. The summed E-state index contributed by atoms with van der Waals surface area (Å²) in [5.41, 5.74) is 4.37. The SMILES string of the molecule is Oc1ccc2ccccc2c1CN(CCN(Cc1ccccc1)Cc1c(O)ccc2ccccc12)Cc1ccccc1. The fourth-order valence-electron chi connectivity index (χ4n) is 5.82. The summed E-state index contributed by atoms with van der Waals surface area (Å²) < 4.78 is 0. The lowest BCUT2D eigenvalue weighted by atomic mass is 10.0. The summed E-state index contributed by atoms with van der Waals surface area (Å²) in [6, 6.07) is 45.1. The van der Waals surface area contributed by atoms with Crippen LogP contribution in [0.1, 0.15) is 22.3 Å². The summed E-state index contributed by atoms with van der Waals surface area (Å²) in [6.45, 7) is 4.36. The van der Waals surface area contributed by atoms with Gasteiger partial charge in [-0.3, -0.25) is 9.80 Å². The van der Waals surface area contributed by atoms with Gasteiger partial charge in [0.05, 0.1) is 0 Å². The predicted octanol–water partition coefficient (Wildman–Crippen LogP) is 8.11. The van der Waals surface area contributed by atoms with Gasteiger partial charge < -0.3 is 10.2 Å². The van der Waals surface area contributed by atoms with Gasteiger partial charge in [0.2, 0.25) is 0 Å². The van der Waals surface area contributed by atoms with E-state index < -0.39 is 0 Å². The number of phenols is 2. The third-order valence-electron chi connectivity index (χ3n) is 8.03. The molecule has 0 aliphatic carbocycles. The zero-order valence-electron chi connectivity index (χ0n) is 23.7. The van der Waals surface area contributed by atoms with E-state index in [2.05, 4.69) is 82.6 Å². The van der Waals surface area contributed by atoms with Crippen molar-refractivity contribution < 1.29 is 10.2 Å². The first kappa shape index (κ1) is 27.5.